The molecule has 1 aromatic rings. The Labute approximate surface area is 129 Å². The lowest BCUT2D eigenvalue weighted by molar-refractivity contribution is 0.0929. The maximum atomic E-state index is 12.2. The molecule has 1 aromatic carbocycles. The molecule has 6 heteroatoms. The minimum absolute atomic E-state index is 0.0371. The topological polar surface area (TPSA) is 32.3 Å². The molecule has 118 valence electrons. The lowest BCUT2D eigenvalue weighted by Gasteiger charge is -2.28. The maximum absolute atomic E-state index is 12.2. The number of hydrogen-bond acceptors (Lipinski definition) is 3. The molecule has 0 saturated heterocycles. The fourth-order valence-electron chi connectivity index (χ4n) is 2.12. The van der Waals surface area contributed by atoms with Crippen LogP contribution in [0.15, 0.2) is 29.2 Å². The van der Waals surface area contributed by atoms with E-state index in [9.17, 15) is 13.6 Å². The van der Waals surface area contributed by atoms with Crippen LogP contribution in [0.1, 0.15) is 24.2 Å². The van der Waals surface area contributed by atoms with E-state index in [2.05, 4.69) is 24.1 Å². The van der Waals surface area contributed by atoms with E-state index in [1.165, 1.54) is 12.1 Å². The highest BCUT2D eigenvalue weighted by molar-refractivity contribution is 7.99. The Morgan fingerprint density at radius 1 is 1.29 bits per heavy atom. The van der Waals surface area contributed by atoms with Crippen molar-refractivity contribution in [3.05, 3.63) is 29.8 Å². The number of hydrogen-bond donors (Lipinski definition) is 1. The molecular formula is C15H22F2N2OS. The van der Waals surface area contributed by atoms with Crippen molar-refractivity contribution in [1.82, 2.24) is 10.2 Å². The van der Waals surface area contributed by atoms with E-state index < -0.39 is 5.76 Å². The largest absolute Gasteiger partial charge is 0.351 e. The van der Waals surface area contributed by atoms with Crippen LogP contribution in [0.2, 0.25) is 0 Å². The standard InChI is InChI=1S/C15H22F2N2OS/c1-15(2,10-19(3)4)9-18-13(20)11-5-7-12(8-6-11)21-14(16)17/h5-8,14H,9-10H2,1-4H3,(H,18,20). The Bertz CT molecular complexity index is 461. The van der Waals surface area contributed by atoms with Crippen molar-refractivity contribution in [3.8, 4) is 0 Å². The van der Waals surface area contributed by atoms with Crippen molar-refractivity contribution in [3.63, 3.8) is 0 Å². The molecule has 0 aromatic heterocycles. The van der Waals surface area contributed by atoms with Crippen LogP contribution in [-0.4, -0.2) is 43.7 Å². The Kier molecular flexibility index (Phi) is 6.61. The van der Waals surface area contributed by atoms with E-state index in [1.807, 2.05) is 14.1 Å². The van der Waals surface area contributed by atoms with Crippen LogP contribution in [0.4, 0.5) is 8.78 Å². The number of carbonyl (C=O) groups is 1. The maximum Gasteiger partial charge on any atom is 0.288 e. The van der Waals surface area contributed by atoms with Gasteiger partial charge in [0.15, 0.2) is 0 Å². The molecule has 1 N–H and O–H groups in total. The third kappa shape index (κ3) is 6.91. The summed E-state index contributed by atoms with van der Waals surface area (Å²) in [6.45, 7) is 5.57. The van der Waals surface area contributed by atoms with Crippen LogP contribution < -0.4 is 5.32 Å². The fourth-order valence-corrected chi connectivity index (χ4v) is 2.62. The van der Waals surface area contributed by atoms with Gasteiger partial charge in [0, 0.05) is 23.5 Å². The summed E-state index contributed by atoms with van der Waals surface area (Å²) < 4.78 is 24.4. The molecule has 21 heavy (non-hydrogen) atoms. The highest BCUT2D eigenvalue weighted by Gasteiger charge is 2.20. The molecule has 0 bridgehead atoms. The van der Waals surface area contributed by atoms with Gasteiger partial charge in [-0.05, 0) is 43.8 Å². The van der Waals surface area contributed by atoms with Crippen LogP contribution in [0.3, 0.4) is 0 Å². The number of amides is 1. The monoisotopic (exact) mass is 316 g/mol. The number of nitrogens with one attached hydrogen (secondary N) is 1. The van der Waals surface area contributed by atoms with Gasteiger partial charge >= 0.3 is 0 Å². The summed E-state index contributed by atoms with van der Waals surface area (Å²) in [5.41, 5.74) is 0.444. The zero-order valence-corrected chi connectivity index (χ0v) is 13.6. The molecule has 1 rings (SSSR count). The van der Waals surface area contributed by atoms with Crippen LogP contribution in [-0.2, 0) is 0 Å². The van der Waals surface area contributed by atoms with Crippen molar-refractivity contribution in [2.45, 2.75) is 24.5 Å². The Balaban J connectivity index is 2.56. The predicted octanol–water partition coefficient (Wildman–Crippen LogP) is 3.32. The molecule has 0 fully saturated rings. The first-order valence-electron chi connectivity index (χ1n) is 6.67. The van der Waals surface area contributed by atoms with Gasteiger partial charge in [-0.1, -0.05) is 25.6 Å². The molecule has 3 nitrogen and oxygen atoms in total. The summed E-state index contributed by atoms with van der Waals surface area (Å²) >= 11 is 0.473. The van der Waals surface area contributed by atoms with Gasteiger partial charge in [0.25, 0.3) is 11.7 Å². The van der Waals surface area contributed by atoms with E-state index in [0.29, 0.717) is 28.8 Å². The molecule has 1 amide bonds. The first kappa shape index (κ1) is 17.9. The highest BCUT2D eigenvalue weighted by atomic mass is 32.2. The third-order valence-electron chi connectivity index (χ3n) is 2.81. The minimum atomic E-state index is -2.45. The lowest BCUT2D eigenvalue weighted by atomic mass is 9.93. The highest BCUT2D eigenvalue weighted by Crippen LogP contribution is 2.25. The number of alkyl halides is 2. The van der Waals surface area contributed by atoms with Crippen LogP contribution in [0.25, 0.3) is 0 Å². The number of thioether (sulfide) groups is 1. The van der Waals surface area contributed by atoms with Gasteiger partial charge in [-0.3, -0.25) is 4.79 Å². The molecule has 0 heterocycles. The van der Waals surface area contributed by atoms with Gasteiger partial charge in [-0.25, -0.2) is 0 Å². The Morgan fingerprint density at radius 3 is 2.33 bits per heavy atom. The van der Waals surface area contributed by atoms with Crippen molar-refractivity contribution in [1.29, 1.82) is 0 Å². The molecule has 0 unspecified atom stereocenters. The van der Waals surface area contributed by atoms with E-state index in [1.54, 1.807) is 12.1 Å². The van der Waals surface area contributed by atoms with Gasteiger partial charge in [0.2, 0.25) is 0 Å². The van der Waals surface area contributed by atoms with Gasteiger partial charge in [-0.15, -0.1) is 0 Å². The second-order valence-electron chi connectivity index (χ2n) is 5.99. The smallest absolute Gasteiger partial charge is 0.288 e. The van der Waals surface area contributed by atoms with E-state index in [-0.39, 0.29) is 11.3 Å². The van der Waals surface area contributed by atoms with Crippen LogP contribution in [0.5, 0.6) is 0 Å². The predicted molar refractivity (Wildman–Crippen MR) is 83.0 cm³/mol. The molecule has 0 saturated carbocycles. The first-order valence-corrected chi connectivity index (χ1v) is 7.55. The Hall–Kier alpha value is -1.14. The summed E-state index contributed by atoms with van der Waals surface area (Å²) in [4.78, 5) is 14.6. The van der Waals surface area contributed by atoms with Crippen LogP contribution in [0, 0.1) is 5.41 Å². The number of nitrogens with zero attached hydrogens (tertiary/aromatic N) is 1. The second kappa shape index (κ2) is 7.75. The molecule has 0 atom stereocenters. The van der Waals surface area contributed by atoms with Gasteiger partial charge in [0.1, 0.15) is 0 Å². The van der Waals surface area contributed by atoms with Crippen molar-refractivity contribution in [2.75, 3.05) is 27.2 Å². The number of benzene rings is 1. The summed E-state index contributed by atoms with van der Waals surface area (Å²) in [5.74, 6) is -2.63. The summed E-state index contributed by atoms with van der Waals surface area (Å²) in [6.07, 6.45) is 0. The van der Waals surface area contributed by atoms with Crippen molar-refractivity contribution in [2.24, 2.45) is 5.41 Å². The fraction of sp³-hybridized carbons (Fsp3) is 0.533. The van der Waals surface area contributed by atoms with Crippen molar-refractivity contribution >= 4 is 17.7 Å². The second-order valence-corrected chi connectivity index (χ2v) is 7.05. The van der Waals surface area contributed by atoms with E-state index in [0.717, 1.165) is 6.54 Å². The molecular weight excluding hydrogens is 294 g/mol. The average Bonchev–Trinajstić information content (AvgIpc) is 2.34. The Morgan fingerprint density at radius 2 is 1.86 bits per heavy atom. The molecule has 0 aliphatic carbocycles. The number of halogens is 2. The van der Waals surface area contributed by atoms with E-state index in [4.69, 9.17) is 0 Å². The molecule has 0 spiro atoms. The summed E-state index contributed by atoms with van der Waals surface area (Å²) in [7, 11) is 3.98. The third-order valence-corrected chi connectivity index (χ3v) is 3.54. The zero-order valence-electron chi connectivity index (χ0n) is 12.8. The molecule has 0 aliphatic heterocycles. The summed E-state index contributed by atoms with van der Waals surface area (Å²) in [5, 5.41) is 2.88. The number of rotatable bonds is 7. The van der Waals surface area contributed by atoms with E-state index >= 15 is 0 Å². The normalized spacial score (nSPS) is 12.0. The SMILES string of the molecule is CN(C)CC(C)(C)CNC(=O)c1ccc(SC(F)F)cc1. The van der Waals surface area contributed by atoms with Crippen LogP contribution >= 0.6 is 11.8 Å². The zero-order chi connectivity index (χ0) is 16.0. The van der Waals surface area contributed by atoms with Gasteiger partial charge in [-0.2, -0.15) is 8.78 Å². The minimum Gasteiger partial charge on any atom is -0.351 e. The quantitative estimate of drug-likeness (QED) is 0.783. The molecule has 0 radical (unpaired) electrons. The van der Waals surface area contributed by atoms with Gasteiger partial charge in [0.05, 0.1) is 0 Å². The number of carbonyl (C=O) groups excluding carboxylic acids is 1. The lowest BCUT2D eigenvalue weighted by Crippen LogP contribution is -2.39. The first-order chi connectivity index (χ1) is 9.69. The van der Waals surface area contributed by atoms with Gasteiger partial charge < -0.3 is 10.2 Å². The summed E-state index contributed by atoms with van der Waals surface area (Å²) in [6, 6.07) is 6.21. The van der Waals surface area contributed by atoms with Crippen molar-refractivity contribution < 1.29 is 13.6 Å². The molecule has 0 aliphatic rings. The average molecular weight is 316 g/mol.